The predicted octanol–water partition coefficient (Wildman–Crippen LogP) is 2.32. The number of nitrogens with zero attached hydrogens (tertiary/aromatic N) is 1. The molecule has 0 aliphatic carbocycles. The SMILES string of the molecule is Cc1cnccc1CNS(=O)(=O)c1cccc(C)c1F. The summed E-state index contributed by atoms with van der Waals surface area (Å²) in [5, 5.41) is 0. The van der Waals surface area contributed by atoms with Gasteiger partial charge in [0.25, 0.3) is 0 Å². The van der Waals surface area contributed by atoms with Gasteiger partial charge >= 0.3 is 0 Å². The normalized spacial score (nSPS) is 11.6. The topological polar surface area (TPSA) is 59.1 Å². The van der Waals surface area contributed by atoms with Crippen molar-refractivity contribution < 1.29 is 12.8 Å². The molecule has 0 amide bonds. The lowest BCUT2D eigenvalue weighted by Gasteiger charge is -2.10. The van der Waals surface area contributed by atoms with Gasteiger partial charge in [-0.05, 0) is 42.7 Å². The molecule has 2 rings (SSSR count). The van der Waals surface area contributed by atoms with Crippen LogP contribution in [0, 0.1) is 19.7 Å². The van der Waals surface area contributed by atoms with Crippen LogP contribution >= 0.6 is 0 Å². The minimum atomic E-state index is -3.87. The number of halogens is 1. The van der Waals surface area contributed by atoms with Gasteiger partial charge in [0.2, 0.25) is 10.0 Å². The standard InChI is InChI=1S/C14H15FN2O2S/c1-10-4-3-5-13(14(10)15)20(18,19)17-9-12-6-7-16-8-11(12)2/h3-8,17H,9H2,1-2H3. The third-order valence-electron chi connectivity index (χ3n) is 3.04. The largest absolute Gasteiger partial charge is 0.264 e. The van der Waals surface area contributed by atoms with E-state index in [0.29, 0.717) is 5.56 Å². The summed E-state index contributed by atoms with van der Waals surface area (Å²) in [5.74, 6) is -0.716. The van der Waals surface area contributed by atoms with Gasteiger partial charge < -0.3 is 0 Å². The molecule has 0 bridgehead atoms. The summed E-state index contributed by atoms with van der Waals surface area (Å²) in [6, 6.07) is 6.03. The summed E-state index contributed by atoms with van der Waals surface area (Å²) in [4.78, 5) is 3.61. The molecule has 1 N–H and O–H groups in total. The van der Waals surface area contributed by atoms with Gasteiger partial charge in [-0.3, -0.25) is 4.98 Å². The molecule has 4 nitrogen and oxygen atoms in total. The number of nitrogens with one attached hydrogen (secondary N) is 1. The first-order valence-electron chi connectivity index (χ1n) is 6.06. The quantitative estimate of drug-likeness (QED) is 0.941. The van der Waals surface area contributed by atoms with E-state index in [0.717, 1.165) is 11.1 Å². The second kappa shape index (κ2) is 5.68. The molecule has 0 aliphatic heterocycles. The van der Waals surface area contributed by atoms with Crippen LogP contribution in [0.25, 0.3) is 0 Å². The van der Waals surface area contributed by atoms with E-state index in [-0.39, 0.29) is 11.4 Å². The zero-order valence-corrected chi connectivity index (χ0v) is 12.0. The molecule has 0 saturated carbocycles. The van der Waals surface area contributed by atoms with Crippen LogP contribution < -0.4 is 4.72 Å². The summed E-state index contributed by atoms with van der Waals surface area (Å²) < 4.78 is 40.5. The van der Waals surface area contributed by atoms with Crippen molar-refractivity contribution >= 4 is 10.0 Å². The van der Waals surface area contributed by atoms with Crippen molar-refractivity contribution in [3.63, 3.8) is 0 Å². The minimum absolute atomic E-state index is 0.101. The summed E-state index contributed by atoms with van der Waals surface area (Å²) in [6.45, 7) is 3.47. The smallest absolute Gasteiger partial charge is 0.243 e. The second-order valence-corrected chi connectivity index (χ2v) is 6.25. The van der Waals surface area contributed by atoms with E-state index < -0.39 is 15.8 Å². The van der Waals surface area contributed by atoms with Gasteiger partial charge in [0.05, 0.1) is 0 Å². The zero-order chi connectivity index (χ0) is 14.8. The molecule has 1 aromatic heterocycles. The highest BCUT2D eigenvalue weighted by atomic mass is 32.2. The first-order valence-corrected chi connectivity index (χ1v) is 7.54. The molecule has 6 heteroatoms. The van der Waals surface area contributed by atoms with E-state index >= 15 is 0 Å². The predicted molar refractivity (Wildman–Crippen MR) is 74.1 cm³/mol. The van der Waals surface area contributed by atoms with Crippen LogP contribution in [0.1, 0.15) is 16.7 Å². The van der Waals surface area contributed by atoms with Crippen LogP contribution in [0.5, 0.6) is 0 Å². The molecular weight excluding hydrogens is 279 g/mol. The van der Waals surface area contributed by atoms with Crippen molar-refractivity contribution in [1.29, 1.82) is 0 Å². The number of sulfonamides is 1. The fraction of sp³-hybridized carbons (Fsp3) is 0.214. The monoisotopic (exact) mass is 294 g/mol. The maximum Gasteiger partial charge on any atom is 0.243 e. The van der Waals surface area contributed by atoms with Crippen molar-refractivity contribution in [3.05, 3.63) is 59.2 Å². The van der Waals surface area contributed by atoms with E-state index in [2.05, 4.69) is 9.71 Å². The second-order valence-electron chi connectivity index (χ2n) is 4.51. The highest BCUT2D eigenvalue weighted by Gasteiger charge is 2.19. The molecular formula is C14H15FN2O2S. The molecule has 2 aromatic rings. The molecule has 20 heavy (non-hydrogen) atoms. The van der Waals surface area contributed by atoms with Gasteiger partial charge in [-0.15, -0.1) is 0 Å². The first-order chi connectivity index (χ1) is 9.42. The molecule has 1 heterocycles. The number of hydrogen-bond acceptors (Lipinski definition) is 3. The fourth-order valence-corrected chi connectivity index (χ4v) is 2.93. The van der Waals surface area contributed by atoms with Crippen LogP contribution in [-0.4, -0.2) is 13.4 Å². The first kappa shape index (κ1) is 14.6. The Kier molecular flexibility index (Phi) is 4.15. The molecule has 0 saturated heterocycles. The molecule has 0 fully saturated rings. The van der Waals surface area contributed by atoms with Crippen molar-refractivity contribution in [1.82, 2.24) is 9.71 Å². The third-order valence-corrected chi connectivity index (χ3v) is 4.45. The Morgan fingerprint density at radius 2 is 1.95 bits per heavy atom. The molecule has 106 valence electrons. The third kappa shape index (κ3) is 3.02. The van der Waals surface area contributed by atoms with E-state index in [1.54, 1.807) is 18.5 Å². The highest BCUT2D eigenvalue weighted by Crippen LogP contribution is 2.17. The Morgan fingerprint density at radius 1 is 1.20 bits per heavy atom. The van der Waals surface area contributed by atoms with Crippen LogP contribution in [0.4, 0.5) is 4.39 Å². The maximum absolute atomic E-state index is 13.9. The molecule has 1 aromatic carbocycles. The van der Waals surface area contributed by atoms with Gasteiger partial charge in [0, 0.05) is 18.9 Å². The van der Waals surface area contributed by atoms with E-state index in [4.69, 9.17) is 0 Å². The van der Waals surface area contributed by atoms with E-state index in [1.165, 1.54) is 25.1 Å². The highest BCUT2D eigenvalue weighted by molar-refractivity contribution is 7.89. The maximum atomic E-state index is 13.9. The summed E-state index contributed by atoms with van der Waals surface area (Å²) >= 11 is 0. The van der Waals surface area contributed by atoms with Crippen LogP contribution in [0.3, 0.4) is 0 Å². The van der Waals surface area contributed by atoms with Gasteiger partial charge in [-0.25, -0.2) is 17.5 Å². The minimum Gasteiger partial charge on any atom is -0.264 e. The molecule has 0 spiro atoms. The number of benzene rings is 1. The van der Waals surface area contributed by atoms with E-state index in [9.17, 15) is 12.8 Å². The van der Waals surface area contributed by atoms with Crippen molar-refractivity contribution in [2.45, 2.75) is 25.3 Å². The number of pyridine rings is 1. The van der Waals surface area contributed by atoms with Crippen molar-refractivity contribution in [3.8, 4) is 0 Å². The Bertz CT molecular complexity index is 730. The average molecular weight is 294 g/mol. The Balaban J connectivity index is 2.24. The summed E-state index contributed by atoms with van der Waals surface area (Å²) in [5.41, 5.74) is 1.98. The van der Waals surface area contributed by atoms with E-state index in [1.807, 2.05) is 6.92 Å². The lowest BCUT2D eigenvalue weighted by molar-refractivity contribution is 0.553. The van der Waals surface area contributed by atoms with Crippen LogP contribution in [0.15, 0.2) is 41.6 Å². The van der Waals surface area contributed by atoms with Gasteiger partial charge in [-0.1, -0.05) is 12.1 Å². The zero-order valence-electron chi connectivity index (χ0n) is 11.2. The van der Waals surface area contributed by atoms with Gasteiger partial charge in [-0.2, -0.15) is 0 Å². The Labute approximate surface area is 117 Å². The summed E-state index contributed by atoms with van der Waals surface area (Å²) in [7, 11) is -3.87. The number of rotatable bonds is 4. The average Bonchev–Trinajstić information content (AvgIpc) is 2.41. The van der Waals surface area contributed by atoms with Crippen LogP contribution in [-0.2, 0) is 16.6 Å². The molecule has 0 atom stereocenters. The number of aromatic nitrogens is 1. The van der Waals surface area contributed by atoms with Gasteiger partial charge in [0.15, 0.2) is 0 Å². The van der Waals surface area contributed by atoms with Crippen LogP contribution in [0.2, 0.25) is 0 Å². The molecule has 0 radical (unpaired) electrons. The number of hydrogen-bond donors (Lipinski definition) is 1. The number of aryl methyl sites for hydroxylation is 2. The fourth-order valence-electron chi connectivity index (χ4n) is 1.78. The van der Waals surface area contributed by atoms with Crippen molar-refractivity contribution in [2.24, 2.45) is 0 Å². The lowest BCUT2D eigenvalue weighted by Crippen LogP contribution is -2.24. The Morgan fingerprint density at radius 3 is 2.65 bits per heavy atom. The lowest BCUT2D eigenvalue weighted by atomic mass is 10.2. The summed E-state index contributed by atoms with van der Waals surface area (Å²) in [6.07, 6.45) is 3.24. The molecule has 0 aliphatic rings. The molecule has 0 unspecified atom stereocenters. The Hall–Kier alpha value is -1.79. The van der Waals surface area contributed by atoms with Crippen molar-refractivity contribution in [2.75, 3.05) is 0 Å². The van der Waals surface area contributed by atoms with Gasteiger partial charge in [0.1, 0.15) is 10.7 Å².